The highest BCUT2D eigenvalue weighted by Gasteiger charge is 2.13. The van der Waals surface area contributed by atoms with Crippen molar-refractivity contribution in [1.29, 1.82) is 0 Å². The predicted octanol–water partition coefficient (Wildman–Crippen LogP) is 2.65. The summed E-state index contributed by atoms with van der Waals surface area (Å²) in [6.07, 6.45) is 0. The highest BCUT2D eigenvalue weighted by molar-refractivity contribution is 6.05. The summed E-state index contributed by atoms with van der Waals surface area (Å²) in [5.74, 6) is -1.18. The molecule has 0 heterocycles. The van der Waals surface area contributed by atoms with Gasteiger partial charge in [-0.3, -0.25) is 9.59 Å². The van der Waals surface area contributed by atoms with Crippen molar-refractivity contribution in [2.24, 2.45) is 5.73 Å². The Balaban J connectivity index is 2.17. The number of amides is 2. The van der Waals surface area contributed by atoms with Crippen LogP contribution in [0.2, 0.25) is 0 Å². The number of carbonyl (C=O) groups excluding carboxylic acids is 2. The number of benzene rings is 2. The summed E-state index contributed by atoms with van der Waals surface area (Å²) in [6.45, 7) is -3.02. The number of primary amides is 1. The fraction of sp³-hybridized carbons (Fsp3) is 0.125. The summed E-state index contributed by atoms with van der Waals surface area (Å²) in [4.78, 5) is 23.1. The Hall–Kier alpha value is -3.16. The molecule has 0 aliphatic rings. The Morgan fingerprint density at radius 2 is 1.67 bits per heavy atom. The smallest absolute Gasteiger partial charge is 0.387 e. The first-order chi connectivity index (χ1) is 11.4. The van der Waals surface area contributed by atoms with E-state index < -0.39 is 18.4 Å². The van der Waals surface area contributed by atoms with Crippen molar-refractivity contribution < 1.29 is 27.8 Å². The van der Waals surface area contributed by atoms with Gasteiger partial charge in [0.1, 0.15) is 0 Å². The number of anilines is 1. The average Bonchev–Trinajstić information content (AvgIpc) is 2.54. The molecule has 2 amide bonds. The van der Waals surface area contributed by atoms with Crippen molar-refractivity contribution >= 4 is 17.5 Å². The lowest BCUT2D eigenvalue weighted by Gasteiger charge is -2.12. The number of hydrogen-bond donors (Lipinski definition) is 2. The monoisotopic (exact) mass is 336 g/mol. The molecule has 3 N–H and O–H groups in total. The molecule has 0 aromatic heterocycles. The van der Waals surface area contributed by atoms with Gasteiger partial charge in [-0.1, -0.05) is 0 Å². The number of nitrogens with one attached hydrogen (secondary N) is 1. The maximum atomic E-state index is 12.4. The van der Waals surface area contributed by atoms with E-state index in [2.05, 4.69) is 10.1 Å². The van der Waals surface area contributed by atoms with Crippen molar-refractivity contribution in [3.05, 3.63) is 53.6 Å². The first-order valence-electron chi connectivity index (χ1n) is 6.74. The van der Waals surface area contributed by atoms with Crippen LogP contribution in [0.25, 0.3) is 0 Å². The van der Waals surface area contributed by atoms with Crippen LogP contribution in [0.4, 0.5) is 14.5 Å². The molecule has 24 heavy (non-hydrogen) atoms. The van der Waals surface area contributed by atoms with Crippen LogP contribution in [0.15, 0.2) is 42.5 Å². The quantitative estimate of drug-likeness (QED) is 0.848. The molecule has 2 aromatic rings. The summed E-state index contributed by atoms with van der Waals surface area (Å²) in [5.41, 5.74) is 5.90. The molecule has 6 nitrogen and oxygen atoms in total. The van der Waals surface area contributed by atoms with Gasteiger partial charge in [-0.2, -0.15) is 8.78 Å². The third kappa shape index (κ3) is 4.19. The van der Waals surface area contributed by atoms with Crippen molar-refractivity contribution in [3.8, 4) is 11.5 Å². The zero-order valence-corrected chi connectivity index (χ0v) is 12.6. The second kappa shape index (κ2) is 7.40. The van der Waals surface area contributed by atoms with Gasteiger partial charge in [-0.25, -0.2) is 0 Å². The Morgan fingerprint density at radius 3 is 2.21 bits per heavy atom. The van der Waals surface area contributed by atoms with Crippen LogP contribution < -0.4 is 20.5 Å². The Kier molecular flexibility index (Phi) is 5.31. The van der Waals surface area contributed by atoms with Crippen LogP contribution in [0.1, 0.15) is 20.7 Å². The highest BCUT2D eigenvalue weighted by Crippen LogP contribution is 2.31. The van der Waals surface area contributed by atoms with Gasteiger partial charge in [0, 0.05) is 22.9 Å². The minimum atomic E-state index is -3.02. The lowest BCUT2D eigenvalue weighted by molar-refractivity contribution is -0.0511. The number of halogens is 2. The molecule has 0 fully saturated rings. The molecule has 126 valence electrons. The fourth-order valence-corrected chi connectivity index (χ4v) is 1.93. The average molecular weight is 336 g/mol. The molecule has 2 rings (SSSR count). The highest BCUT2D eigenvalue weighted by atomic mass is 19.3. The Morgan fingerprint density at radius 1 is 1.04 bits per heavy atom. The SMILES string of the molecule is COc1ccc(NC(=O)c2ccc(C(N)=O)cc2)cc1OC(F)F. The molecule has 8 heteroatoms. The molecule has 2 aromatic carbocycles. The zero-order chi connectivity index (χ0) is 17.7. The van der Waals surface area contributed by atoms with Crippen LogP contribution >= 0.6 is 0 Å². The fourth-order valence-electron chi connectivity index (χ4n) is 1.93. The van der Waals surface area contributed by atoms with E-state index in [-0.39, 0.29) is 28.3 Å². The van der Waals surface area contributed by atoms with Crippen LogP contribution in [0, 0.1) is 0 Å². The maximum absolute atomic E-state index is 12.4. The maximum Gasteiger partial charge on any atom is 0.387 e. The molecule has 0 aliphatic heterocycles. The van der Waals surface area contributed by atoms with Crippen LogP contribution in [0.5, 0.6) is 11.5 Å². The number of ether oxygens (including phenoxy) is 2. The lowest BCUT2D eigenvalue weighted by Crippen LogP contribution is -2.14. The summed E-state index contributed by atoms with van der Waals surface area (Å²) < 4.78 is 34.0. The summed E-state index contributed by atoms with van der Waals surface area (Å²) in [5, 5.41) is 2.54. The van der Waals surface area contributed by atoms with E-state index >= 15 is 0 Å². The van der Waals surface area contributed by atoms with Gasteiger partial charge in [0.2, 0.25) is 5.91 Å². The van der Waals surface area contributed by atoms with Gasteiger partial charge in [0.05, 0.1) is 7.11 Å². The number of hydrogen-bond acceptors (Lipinski definition) is 4. The van der Waals surface area contributed by atoms with Gasteiger partial charge in [-0.15, -0.1) is 0 Å². The molecule has 0 atom stereocenters. The number of nitrogens with two attached hydrogens (primary N) is 1. The summed E-state index contributed by atoms with van der Waals surface area (Å²) in [7, 11) is 1.31. The van der Waals surface area contributed by atoms with Crippen LogP contribution in [-0.2, 0) is 0 Å². The second-order valence-corrected chi connectivity index (χ2v) is 4.64. The van der Waals surface area contributed by atoms with E-state index in [0.29, 0.717) is 0 Å². The predicted molar refractivity (Wildman–Crippen MR) is 82.5 cm³/mol. The standard InChI is InChI=1S/C16H14F2N2O4/c1-23-12-7-6-11(8-13(12)24-16(17)18)20-15(22)10-4-2-9(3-5-10)14(19)21/h2-8,16H,1H3,(H2,19,21)(H,20,22). The lowest BCUT2D eigenvalue weighted by atomic mass is 10.1. The van der Waals surface area contributed by atoms with Gasteiger partial charge in [0.25, 0.3) is 5.91 Å². The number of methoxy groups -OCH3 is 1. The molecular weight excluding hydrogens is 322 g/mol. The van der Waals surface area contributed by atoms with Gasteiger partial charge in [-0.05, 0) is 36.4 Å². The van der Waals surface area contributed by atoms with Crippen molar-refractivity contribution in [2.75, 3.05) is 12.4 Å². The summed E-state index contributed by atoms with van der Waals surface area (Å²) in [6, 6.07) is 9.77. The van der Waals surface area contributed by atoms with E-state index in [1.165, 1.54) is 49.6 Å². The minimum Gasteiger partial charge on any atom is -0.493 e. The number of alkyl halides is 2. The number of rotatable bonds is 6. The van der Waals surface area contributed by atoms with E-state index in [1.807, 2.05) is 0 Å². The van der Waals surface area contributed by atoms with Crippen LogP contribution in [-0.4, -0.2) is 25.5 Å². The number of carbonyl (C=O) groups is 2. The van der Waals surface area contributed by atoms with E-state index in [0.717, 1.165) is 0 Å². The van der Waals surface area contributed by atoms with Crippen molar-refractivity contribution in [1.82, 2.24) is 0 Å². The third-order valence-corrected chi connectivity index (χ3v) is 3.07. The van der Waals surface area contributed by atoms with Gasteiger partial charge in [0.15, 0.2) is 11.5 Å². The Labute approximate surface area is 136 Å². The topological polar surface area (TPSA) is 90.6 Å². The molecule has 0 bridgehead atoms. The van der Waals surface area contributed by atoms with Gasteiger partial charge >= 0.3 is 6.61 Å². The molecule has 0 saturated carbocycles. The van der Waals surface area contributed by atoms with Crippen molar-refractivity contribution in [3.63, 3.8) is 0 Å². The largest absolute Gasteiger partial charge is 0.493 e. The summed E-state index contributed by atoms with van der Waals surface area (Å²) >= 11 is 0. The normalized spacial score (nSPS) is 10.3. The Bertz CT molecular complexity index is 748. The zero-order valence-electron chi connectivity index (χ0n) is 12.6. The van der Waals surface area contributed by atoms with Crippen LogP contribution in [0.3, 0.4) is 0 Å². The minimum absolute atomic E-state index is 0.110. The van der Waals surface area contributed by atoms with E-state index in [1.54, 1.807) is 0 Å². The van der Waals surface area contributed by atoms with Gasteiger partial charge < -0.3 is 20.5 Å². The van der Waals surface area contributed by atoms with E-state index in [4.69, 9.17) is 10.5 Å². The third-order valence-electron chi connectivity index (χ3n) is 3.07. The molecule has 0 unspecified atom stereocenters. The molecule has 0 radical (unpaired) electrons. The van der Waals surface area contributed by atoms with E-state index in [9.17, 15) is 18.4 Å². The molecular formula is C16H14F2N2O4. The second-order valence-electron chi connectivity index (χ2n) is 4.64. The molecule has 0 aliphatic carbocycles. The van der Waals surface area contributed by atoms with Crippen molar-refractivity contribution in [2.45, 2.75) is 6.61 Å². The first-order valence-corrected chi connectivity index (χ1v) is 6.74. The molecule has 0 saturated heterocycles. The first kappa shape index (κ1) is 17.2. The molecule has 0 spiro atoms.